The van der Waals surface area contributed by atoms with Crippen molar-refractivity contribution in [2.45, 2.75) is 51.0 Å². The minimum Gasteiger partial charge on any atom is -0.481 e. The van der Waals surface area contributed by atoms with Crippen LogP contribution in [0.25, 0.3) is 0 Å². The van der Waals surface area contributed by atoms with Crippen LogP contribution in [0.15, 0.2) is 12.3 Å². The summed E-state index contributed by atoms with van der Waals surface area (Å²) in [5.74, 6) is 1.34. The van der Waals surface area contributed by atoms with E-state index < -0.39 is 0 Å². The van der Waals surface area contributed by atoms with Crippen LogP contribution in [0, 0.1) is 0 Å². The second kappa shape index (κ2) is 6.01. The zero-order chi connectivity index (χ0) is 12.1. The average molecular weight is 234 g/mol. The van der Waals surface area contributed by atoms with Crippen molar-refractivity contribution in [2.75, 3.05) is 7.11 Å². The zero-order valence-corrected chi connectivity index (χ0v) is 10.6. The van der Waals surface area contributed by atoms with Gasteiger partial charge in [-0.15, -0.1) is 0 Å². The van der Waals surface area contributed by atoms with E-state index in [4.69, 9.17) is 10.5 Å². The van der Waals surface area contributed by atoms with Crippen molar-refractivity contribution >= 4 is 0 Å². The van der Waals surface area contributed by atoms with Crippen LogP contribution >= 0.6 is 0 Å². The van der Waals surface area contributed by atoms with E-state index in [0.29, 0.717) is 18.3 Å². The third-order valence-electron chi connectivity index (χ3n) is 3.69. The molecule has 0 radical (unpaired) electrons. The van der Waals surface area contributed by atoms with Gasteiger partial charge in [-0.2, -0.15) is 0 Å². The first-order valence-electron chi connectivity index (χ1n) is 6.58. The number of hydrogen-bond acceptors (Lipinski definition) is 3. The molecule has 2 rings (SSSR count). The summed E-state index contributed by atoms with van der Waals surface area (Å²) in [4.78, 5) is 4.37. The Morgan fingerprint density at radius 2 is 2.00 bits per heavy atom. The van der Waals surface area contributed by atoms with E-state index in [1.54, 1.807) is 7.11 Å². The van der Waals surface area contributed by atoms with Gasteiger partial charge >= 0.3 is 0 Å². The molecule has 1 heterocycles. The van der Waals surface area contributed by atoms with E-state index in [9.17, 15) is 0 Å². The molecule has 3 nitrogen and oxygen atoms in total. The van der Waals surface area contributed by atoms with Crippen LogP contribution < -0.4 is 10.5 Å². The zero-order valence-electron chi connectivity index (χ0n) is 10.6. The van der Waals surface area contributed by atoms with Crippen molar-refractivity contribution in [1.29, 1.82) is 0 Å². The number of nitrogens with two attached hydrogens (primary N) is 1. The van der Waals surface area contributed by atoms with Gasteiger partial charge in [0.15, 0.2) is 0 Å². The Hall–Kier alpha value is -1.09. The predicted molar refractivity (Wildman–Crippen MR) is 69.1 cm³/mol. The molecule has 1 aliphatic carbocycles. The van der Waals surface area contributed by atoms with Gasteiger partial charge in [-0.25, -0.2) is 4.98 Å². The SMILES string of the molecule is COc1ncc(C2CCCCCC2)cc1CN. The molecule has 2 N–H and O–H groups in total. The lowest BCUT2D eigenvalue weighted by Crippen LogP contribution is -2.05. The van der Waals surface area contributed by atoms with E-state index in [-0.39, 0.29) is 0 Å². The molecule has 0 aromatic carbocycles. The molecule has 1 aliphatic rings. The van der Waals surface area contributed by atoms with Crippen LogP contribution in [-0.4, -0.2) is 12.1 Å². The Labute approximate surface area is 103 Å². The number of rotatable bonds is 3. The predicted octanol–water partition coefficient (Wildman–Crippen LogP) is 2.99. The molecule has 0 atom stereocenters. The molecule has 0 bridgehead atoms. The first kappa shape index (κ1) is 12.4. The third-order valence-corrected chi connectivity index (χ3v) is 3.69. The van der Waals surface area contributed by atoms with Crippen molar-refractivity contribution in [3.05, 3.63) is 23.4 Å². The first-order valence-corrected chi connectivity index (χ1v) is 6.58. The average Bonchev–Trinajstić information content (AvgIpc) is 2.66. The van der Waals surface area contributed by atoms with Crippen molar-refractivity contribution < 1.29 is 4.74 Å². The fraction of sp³-hybridized carbons (Fsp3) is 0.643. The molecule has 0 unspecified atom stereocenters. The van der Waals surface area contributed by atoms with E-state index in [0.717, 1.165) is 5.56 Å². The van der Waals surface area contributed by atoms with E-state index in [1.165, 1.54) is 44.1 Å². The molecule has 1 aromatic heterocycles. The maximum absolute atomic E-state index is 5.74. The maximum Gasteiger partial charge on any atom is 0.217 e. The molecule has 0 spiro atoms. The number of ether oxygens (including phenoxy) is 1. The van der Waals surface area contributed by atoms with Gasteiger partial charge < -0.3 is 10.5 Å². The Balaban J connectivity index is 2.19. The molecule has 1 aromatic rings. The summed E-state index contributed by atoms with van der Waals surface area (Å²) in [6.45, 7) is 0.497. The summed E-state index contributed by atoms with van der Waals surface area (Å²) >= 11 is 0. The second-order valence-corrected chi connectivity index (χ2v) is 4.83. The summed E-state index contributed by atoms with van der Waals surface area (Å²) < 4.78 is 5.21. The molecule has 0 saturated heterocycles. The van der Waals surface area contributed by atoms with Crippen molar-refractivity contribution in [3.63, 3.8) is 0 Å². The Morgan fingerprint density at radius 1 is 1.29 bits per heavy atom. The highest BCUT2D eigenvalue weighted by molar-refractivity contribution is 5.31. The molecule has 1 fully saturated rings. The number of pyridine rings is 1. The van der Waals surface area contributed by atoms with Gasteiger partial charge in [-0.05, 0) is 30.4 Å². The van der Waals surface area contributed by atoms with Crippen LogP contribution in [0.3, 0.4) is 0 Å². The molecule has 3 heteroatoms. The molecule has 0 aliphatic heterocycles. The number of methoxy groups -OCH3 is 1. The van der Waals surface area contributed by atoms with Gasteiger partial charge in [-0.3, -0.25) is 0 Å². The maximum atomic E-state index is 5.74. The van der Waals surface area contributed by atoms with Gasteiger partial charge in [0.05, 0.1) is 7.11 Å². The summed E-state index contributed by atoms with van der Waals surface area (Å²) in [7, 11) is 1.65. The molecular formula is C14H22N2O. The minimum absolute atomic E-state index is 0.497. The van der Waals surface area contributed by atoms with Gasteiger partial charge in [0.1, 0.15) is 0 Å². The number of hydrogen-bond donors (Lipinski definition) is 1. The number of nitrogens with zero attached hydrogens (tertiary/aromatic N) is 1. The van der Waals surface area contributed by atoms with Crippen LogP contribution in [0.4, 0.5) is 0 Å². The lowest BCUT2D eigenvalue weighted by atomic mass is 9.92. The van der Waals surface area contributed by atoms with Gasteiger partial charge in [0.25, 0.3) is 0 Å². The highest BCUT2D eigenvalue weighted by Gasteiger charge is 2.16. The quantitative estimate of drug-likeness (QED) is 0.818. The standard InChI is InChI=1S/C14H22N2O/c1-17-14-12(9-15)8-13(10-16-14)11-6-4-2-3-5-7-11/h8,10-11H,2-7,9,15H2,1H3. The van der Waals surface area contributed by atoms with E-state index in [2.05, 4.69) is 11.1 Å². The van der Waals surface area contributed by atoms with Crippen LogP contribution in [-0.2, 0) is 6.54 Å². The second-order valence-electron chi connectivity index (χ2n) is 4.83. The highest BCUT2D eigenvalue weighted by atomic mass is 16.5. The van der Waals surface area contributed by atoms with Crippen LogP contribution in [0.1, 0.15) is 55.6 Å². The largest absolute Gasteiger partial charge is 0.481 e. The van der Waals surface area contributed by atoms with Gasteiger partial charge in [0, 0.05) is 18.3 Å². The first-order chi connectivity index (χ1) is 8.35. The minimum atomic E-state index is 0.497. The fourth-order valence-electron chi connectivity index (χ4n) is 2.68. The van der Waals surface area contributed by atoms with E-state index in [1.807, 2.05) is 6.20 Å². The number of aromatic nitrogens is 1. The van der Waals surface area contributed by atoms with Crippen LogP contribution in [0.5, 0.6) is 5.88 Å². The smallest absolute Gasteiger partial charge is 0.217 e. The van der Waals surface area contributed by atoms with Crippen LogP contribution in [0.2, 0.25) is 0 Å². The highest BCUT2D eigenvalue weighted by Crippen LogP contribution is 2.32. The van der Waals surface area contributed by atoms with Gasteiger partial charge in [-0.1, -0.05) is 25.7 Å². The Kier molecular flexibility index (Phi) is 4.37. The monoisotopic (exact) mass is 234 g/mol. The summed E-state index contributed by atoms with van der Waals surface area (Å²) in [6.07, 6.45) is 9.99. The van der Waals surface area contributed by atoms with Crippen molar-refractivity contribution in [2.24, 2.45) is 5.73 Å². The molecule has 1 saturated carbocycles. The third kappa shape index (κ3) is 2.97. The Bertz CT molecular complexity index is 357. The molecular weight excluding hydrogens is 212 g/mol. The Morgan fingerprint density at radius 3 is 2.59 bits per heavy atom. The molecule has 17 heavy (non-hydrogen) atoms. The molecule has 0 amide bonds. The summed E-state index contributed by atoms with van der Waals surface area (Å²) in [6, 6.07) is 2.18. The van der Waals surface area contributed by atoms with E-state index >= 15 is 0 Å². The fourth-order valence-corrected chi connectivity index (χ4v) is 2.68. The normalized spacial score (nSPS) is 17.8. The summed E-state index contributed by atoms with van der Waals surface area (Å²) in [5, 5.41) is 0. The lowest BCUT2D eigenvalue weighted by Gasteiger charge is -2.16. The molecule has 94 valence electrons. The summed E-state index contributed by atoms with van der Waals surface area (Å²) in [5.41, 5.74) is 8.10. The van der Waals surface area contributed by atoms with Crippen molar-refractivity contribution in [1.82, 2.24) is 4.98 Å². The topological polar surface area (TPSA) is 48.1 Å². The van der Waals surface area contributed by atoms with Gasteiger partial charge in [0.2, 0.25) is 5.88 Å². The lowest BCUT2D eigenvalue weighted by molar-refractivity contribution is 0.391. The van der Waals surface area contributed by atoms with Crippen molar-refractivity contribution in [3.8, 4) is 5.88 Å².